The minimum atomic E-state index is -0.294. The maximum atomic E-state index is 13.2. The van der Waals surface area contributed by atoms with Gasteiger partial charge in [-0.3, -0.25) is 0 Å². The van der Waals surface area contributed by atoms with Crippen molar-refractivity contribution in [3.05, 3.63) is 90.2 Å². The molecular weight excluding hydrogens is 419 g/mol. The highest BCUT2D eigenvalue weighted by Gasteiger charge is 2.12. The first-order chi connectivity index (χ1) is 16.1. The first-order valence-electron chi connectivity index (χ1n) is 10.3. The second-order valence-corrected chi connectivity index (χ2v) is 7.21. The number of halogens is 1. The first kappa shape index (κ1) is 22.0. The molecule has 0 aliphatic heterocycles. The first-order valence-corrected chi connectivity index (χ1v) is 10.3. The Bertz CT molecular complexity index is 1280. The van der Waals surface area contributed by atoms with Crippen molar-refractivity contribution in [1.82, 2.24) is 9.97 Å². The van der Waals surface area contributed by atoms with Gasteiger partial charge in [0.2, 0.25) is 5.95 Å². The fourth-order valence-electron chi connectivity index (χ4n) is 3.29. The lowest BCUT2D eigenvalue weighted by Crippen LogP contribution is -2.04. The minimum Gasteiger partial charge on any atom is -0.493 e. The van der Waals surface area contributed by atoms with Crippen molar-refractivity contribution < 1.29 is 13.9 Å². The highest BCUT2D eigenvalue weighted by molar-refractivity contribution is 5.99. The van der Waals surface area contributed by atoms with Crippen LogP contribution >= 0.6 is 0 Å². The maximum absolute atomic E-state index is 13.2. The summed E-state index contributed by atoms with van der Waals surface area (Å²) in [4.78, 5) is 9.29. The molecule has 0 saturated carbocycles. The van der Waals surface area contributed by atoms with Gasteiger partial charge in [-0.2, -0.15) is 5.10 Å². The van der Waals surface area contributed by atoms with Crippen LogP contribution in [0.15, 0.2) is 84.0 Å². The molecule has 0 fully saturated rings. The van der Waals surface area contributed by atoms with Gasteiger partial charge in [0.1, 0.15) is 5.82 Å². The van der Waals surface area contributed by atoms with E-state index in [2.05, 4.69) is 20.5 Å². The number of nitrogens with zero attached hydrogens (tertiary/aromatic N) is 3. The molecule has 4 aromatic rings. The van der Waals surface area contributed by atoms with E-state index in [1.165, 1.54) is 12.1 Å². The largest absolute Gasteiger partial charge is 0.493 e. The number of aromatic nitrogens is 2. The lowest BCUT2D eigenvalue weighted by atomic mass is 10.1. The highest BCUT2D eigenvalue weighted by atomic mass is 19.1. The number of hydrazone groups is 1. The van der Waals surface area contributed by atoms with Crippen molar-refractivity contribution in [2.45, 2.75) is 6.92 Å². The molecule has 1 heterocycles. The van der Waals surface area contributed by atoms with Crippen molar-refractivity contribution in [3.8, 4) is 34.0 Å². The summed E-state index contributed by atoms with van der Waals surface area (Å²) in [5.41, 5.74) is 7.65. The molecule has 1 aromatic heterocycles. The summed E-state index contributed by atoms with van der Waals surface area (Å²) >= 11 is 0. The Morgan fingerprint density at radius 3 is 2.12 bits per heavy atom. The minimum absolute atomic E-state index is 0.294. The van der Waals surface area contributed by atoms with E-state index < -0.39 is 0 Å². The topological polar surface area (TPSA) is 68.6 Å². The zero-order valence-corrected chi connectivity index (χ0v) is 18.5. The molecule has 6 nitrogen and oxygen atoms in total. The molecule has 166 valence electrons. The van der Waals surface area contributed by atoms with Gasteiger partial charge in [-0.1, -0.05) is 42.5 Å². The zero-order valence-electron chi connectivity index (χ0n) is 18.5. The van der Waals surface area contributed by atoms with Crippen molar-refractivity contribution in [2.24, 2.45) is 5.10 Å². The third-order valence-corrected chi connectivity index (χ3v) is 5.06. The van der Waals surface area contributed by atoms with Gasteiger partial charge in [0.05, 0.1) is 31.3 Å². The van der Waals surface area contributed by atoms with Crippen molar-refractivity contribution in [3.63, 3.8) is 0 Å². The quantitative estimate of drug-likeness (QED) is 0.289. The van der Waals surface area contributed by atoms with Gasteiger partial charge >= 0.3 is 0 Å². The Balaban J connectivity index is 1.74. The van der Waals surface area contributed by atoms with Crippen LogP contribution in [0.25, 0.3) is 22.5 Å². The number of ether oxygens (including phenoxy) is 2. The third kappa shape index (κ3) is 5.15. The molecule has 0 atom stereocenters. The van der Waals surface area contributed by atoms with Crippen LogP contribution in [0.3, 0.4) is 0 Å². The SMILES string of the molecule is COc1ccc(-c2cc(-c3ccccc3)nc(N/N=C(/C)c3ccc(F)cc3)n2)cc1OC. The molecule has 33 heavy (non-hydrogen) atoms. The predicted molar refractivity (Wildman–Crippen MR) is 128 cm³/mol. The molecular formula is C26H23FN4O2. The number of hydrogen-bond donors (Lipinski definition) is 1. The summed E-state index contributed by atoms with van der Waals surface area (Å²) in [6, 6.07) is 23.5. The molecule has 0 amide bonds. The van der Waals surface area contributed by atoms with Crippen LogP contribution in [0.5, 0.6) is 11.5 Å². The molecule has 0 bridgehead atoms. The molecule has 7 heteroatoms. The van der Waals surface area contributed by atoms with Gasteiger partial charge in [0, 0.05) is 11.1 Å². The zero-order chi connectivity index (χ0) is 23.2. The summed E-state index contributed by atoms with van der Waals surface area (Å²) in [5.74, 6) is 1.28. The van der Waals surface area contributed by atoms with E-state index in [9.17, 15) is 4.39 Å². The van der Waals surface area contributed by atoms with Crippen molar-refractivity contribution >= 4 is 11.7 Å². The molecule has 0 spiro atoms. The average Bonchev–Trinajstić information content (AvgIpc) is 2.87. The Labute approximate surface area is 191 Å². The molecule has 0 aliphatic carbocycles. The van der Waals surface area contributed by atoms with E-state index in [1.807, 2.05) is 61.5 Å². The van der Waals surface area contributed by atoms with Gasteiger partial charge in [-0.15, -0.1) is 0 Å². The van der Waals surface area contributed by atoms with Crippen LogP contribution in [0.1, 0.15) is 12.5 Å². The van der Waals surface area contributed by atoms with E-state index in [4.69, 9.17) is 9.47 Å². The van der Waals surface area contributed by atoms with E-state index in [-0.39, 0.29) is 5.82 Å². The second kappa shape index (κ2) is 9.91. The molecule has 4 rings (SSSR count). The van der Waals surface area contributed by atoms with Gasteiger partial charge in [0.15, 0.2) is 11.5 Å². The smallest absolute Gasteiger partial charge is 0.244 e. The van der Waals surface area contributed by atoms with Gasteiger partial charge in [-0.05, 0) is 48.9 Å². The molecule has 0 aliphatic rings. The monoisotopic (exact) mass is 442 g/mol. The molecule has 0 unspecified atom stereocenters. The fraction of sp³-hybridized carbons (Fsp3) is 0.115. The molecule has 1 N–H and O–H groups in total. The van der Waals surface area contributed by atoms with E-state index in [0.29, 0.717) is 28.9 Å². The Kier molecular flexibility index (Phi) is 6.59. The normalized spacial score (nSPS) is 11.2. The summed E-state index contributed by atoms with van der Waals surface area (Å²) in [5, 5.41) is 4.40. The Morgan fingerprint density at radius 2 is 1.45 bits per heavy atom. The summed E-state index contributed by atoms with van der Waals surface area (Å²) < 4.78 is 24.0. The molecule has 3 aromatic carbocycles. The lowest BCUT2D eigenvalue weighted by molar-refractivity contribution is 0.355. The number of hydrogen-bond acceptors (Lipinski definition) is 6. The summed E-state index contributed by atoms with van der Waals surface area (Å²) in [6.45, 7) is 1.83. The van der Waals surface area contributed by atoms with Crippen LogP contribution < -0.4 is 14.9 Å². The van der Waals surface area contributed by atoms with Gasteiger partial charge in [0.25, 0.3) is 0 Å². The highest BCUT2D eigenvalue weighted by Crippen LogP contribution is 2.33. The Hall–Kier alpha value is -4.26. The maximum Gasteiger partial charge on any atom is 0.244 e. The van der Waals surface area contributed by atoms with Crippen LogP contribution in [-0.2, 0) is 0 Å². The van der Waals surface area contributed by atoms with Crippen LogP contribution in [0.2, 0.25) is 0 Å². The number of benzene rings is 3. The van der Waals surface area contributed by atoms with Crippen LogP contribution in [0, 0.1) is 5.82 Å². The van der Waals surface area contributed by atoms with Crippen molar-refractivity contribution in [2.75, 3.05) is 19.6 Å². The number of anilines is 1. The van der Waals surface area contributed by atoms with Gasteiger partial charge in [-0.25, -0.2) is 19.8 Å². The second-order valence-electron chi connectivity index (χ2n) is 7.21. The van der Waals surface area contributed by atoms with E-state index in [1.54, 1.807) is 26.4 Å². The molecule has 0 radical (unpaired) electrons. The number of nitrogens with one attached hydrogen (secondary N) is 1. The van der Waals surface area contributed by atoms with Crippen molar-refractivity contribution in [1.29, 1.82) is 0 Å². The van der Waals surface area contributed by atoms with Gasteiger partial charge < -0.3 is 9.47 Å². The molecule has 0 saturated heterocycles. The fourth-order valence-corrected chi connectivity index (χ4v) is 3.29. The lowest BCUT2D eigenvalue weighted by Gasteiger charge is -2.12. The van der Waals surface area contributed by atoms with Crippen LogP contribution in [0.4, 0.5) is 10.3 Å². The third-order valence-electron chi connectivity index (χ3n) is 5.06. The van der Waals surface area contributed by atoms with E-state index in [0.717, 1.165) is 22.4 Å². The summed E-state index contributed by atoms with van der Waals surface area (Å²) in [7, 11) is 3.19. The van der Waals surface area contributed by atoms with Crippen LogP contribution in [-0.4, -0.2) is 29.9 Å². The summed E-state index contributed by atoms with van der Waals surface area (Å²) in [6.07, 6.45) is 0. The predicted octanol–water partition coefficient (Wildman–Crippen LogP) is 5.80. The standard InChI is InChI=1S/C26H23FN4O2/c1-17(18-9-12-21(27)13-10-18)30-31-26-28-22(19-7-5-4-6-8-19)16-23(29-26)20-11-14-24(32-2)25(15-20)33-3/h4-16H,1-3H3,(H,28,29,31)/b30-17-. The number of methoxy groups -OCH3 is 2. The Morgan fingerprint density at radius 1 is 0.788 bits per heavy atom. The average molecular weight is 442 g/mol. The number of rotatable bonds is 7. The van der Waals surface area contributed by atoms with E-state index >= 15 is 0 Å².